The quantitative estimate of drug-likeness (QED) is 0.474. The molecule has 0 radical (unpaired) electrons. The zero-order chi connectivity index (χ0) is 22.8. The van der Waals surface area contributed by atoms with Gasteiger partial charge in [0.15, 0.2) is 11.5 Å². The van der Waals surface area contributed by atoms with Gasteiger partial charge < -0.3 is 19.9 Å². The van der Waals surface area contributed by atoms with Gasteiger partial charge in [0, 0.05) is 22.8 Å². The first-order valence-electron chi connectivity index (χ1n) is 9.80. The molecule has 0 saturated heterocycles. The normalized spacial score (nSPS) is 14.9. The van der Waals surface area contributed by atoms with E-state index in [2.05, 4.69) is 11.9 Å². The minimum atomic E-state index is -1.14. The monoisotopic (exact) mass is 453 g/mol. The summed E-state index contributed by atoms with van der Waals surface area (Å²) in [6.07, 6.45) is 1.75. The van der Waals surface area contributed by atoms with Crippen LogP contribution in [0.5, 0.6) is 11.5 Å². The molecule has 0 saturated carbocycles. The molecular weight excluding hydrogens is 433 g/mol. The molecule has 6 nitrogen and oxygen atoms in total. The number of hydrogen-bond acceptors (Lipinski definition) is 5. The second-order valence-electron chi connectivity index (χ2n) is 7.18. The van der Waals surface area contributed by atoms with E-state index < -0.39 is 11.8 Å². The summed E-state index contributed by atoms with van der Waals surface area (Å²) in [6.45, 7) is 3.93. The first kappa shape index (κ1) is 21.6. The Balaban J connectivity index is 1.87. The molecule has 1 aliphatic heterocycles. The van der Waals surface area contributed by atoms with Crippen molar-refractivity contribution in [3.63, 3.8) is 0 Å². The molecule has 1 unspecified atom stereocenters. The summed E-state index contributed by atoms with van der Waals surface area (Å²) in [5.74, 6) is -1.23. The molecule has 32 heavy (non-hydrogen) atoms. The predicted octanol–water partition coefficient (Wildman–Crippen LogP) is 5.30. The number of carbonyl (C=O) groups is 2. The zero-order valence-electron chi connectivity index (χ0n) is 17.2. The van der Waals surface area contributed by atoms with Crippen LogP contribution in [0, 0.1) is 5.82 Å². The first-order chi connectivity index (χ1) is 15.4. The Bertz CT molecular complexity index is 1220. The van der Waals surface area contributed by atoms with Crippen molar-refractivity contribution in [3.8, 4) is 22.6 Å². The maximum Gasteiger partial charge on any atom is 0.346 e. The van der Waals surface area contributed by atoms with E-state index in [-0.39, 0.29) is 29.7 Å². The number of anilines is 1. The van der Waals surface area contributed by atoms with Crippen molar-refractivity contribution < 1.29 is 28.6 Å². The largest absolute Gasteiger partial charge is 0.493 e. The summed E-state index contributed by atoms with van der Waals surface area (Å²) in [6, 6.07) is 11.0. The average molecular weight is 453 g/mol. The van der Waals surface area contributed by atoms with Crippen LogP contribution in [0.15, 0.2) is 55.1 Å². The zero-order valence-corrected chi connectivity index (χ0v) is 18.0. The standard InChI is InChI=1S/C24H20FNO5S/c1-3-9-31-18-11-13(7-8-17(18)30-2)16-12-19(27)26-21-20(14-5-4-6-15(25)10-14)23(24(28)29)32-22(16)21/h3-8,10-11,16H,1,9,12H2,2H3,(H,26,27)(H,28,29). The lowest BCUT2D eigenvalue weighted by molar-refractivity contribution is -0.116. The Labute approximate surface area is 187 Å². The summed E-state index contributed by atoms with van der Waals surface area (Å²) in [7, 11) is 1.53. The third-order valence-electron chi connectivity index (χ3n) is 5.16. The molecule has 164 valence electrons. The van der Waals surface area contributed by atoms with Crippen LogP contribution < -0.4 is 14.8 Å². The maximum absolute atomic E-state index is 13.9. The van der Waals surface area contributed by atoms with Crippen molar-refractivity contribution >= 4 is 28.9 Å². The highest BCUT2D eigenvalue weighted by Crippen LogP contribution is 2.50. The molecule has 0 aliphatic carbocycles. The third-order valence-corrected chi connectivity index (χ3v) is 6.45. The van der Waals surface area contributed by atoms with Crippen LogP contribution in [0.1, 0.15) is 32.5 Å². The van der Waals surface area contributed by atoms with Gasteiger partial charge in [0.05, 0.1) is 12.8 Å². The van der Waals surface area contributed by atoms with Crippen molar-refractivity contribution in [2.75, 3.05) is 19.0 Å². The highest BCUT2D eigenvalue weighted by molar-refractivity contribution is 7.15. The van der Waals surface area contributed by atoms with Gasteiger partial charge in [-0.1, -0.05) is 30.9 Å². The summed E-state index contributed by atoms with van der Waals surface area (Å²) < 4.78 is 24.9. The molecule has 8 heteroatoms. The van der Waals surface area contributed by atoms with Gasteiger partial charge >= 0.3 is 5.97 Å². The molecule has 1 amide bonds. The highest BCUT2D eigenvalue weighted by atomic mass is 32.1. The number of halogens is 1. The fourth-order valence-corrected chi connectivity index (χ4v) is 5.04. The van der Waals surface area contributed by atoms with Crippen molar-refractivity contribution in [2.45, 2.75) is 12.3 Å². The molecule has 1 atom stereocenters. The van der Waals surface area contributed by atoms with E-state index in [0.29, 0.717) is 33.2 Å². The Morgan fingerprint density at radius 3 is 2.81 bits per heavy atom. The van der Waals surface area contributed by atoms with Crippen LogP contribution in [0.2, 0.25) is 0 Å². The molecule has 0 fully saturated rings. The van der Waals surface area contributed by atoms with E-state index in [1.807, 2.05) is 6.07 Å². The van der Waals surface area contributed by atoms with Gasteiger partial charge in [-0.05, 0) is 35.4 Å². The molecular formula is C24H20FNO5S. The minimum Gasteiger partial charge on any atom is -0.493 e. The second-order valence-corrected chi connectivity index (χ2v) is 8.23. The highest BCUT2D eigenvalue weighted by Gasteiger charge is 2.35. The van der Waals surface area contributed by atoms with E-state index in [1.54, 1.807) is 24.3 Å². The van der Waals surface area contributed by atoms with Gasteiger partial charge in [-0.3, -0.25) is 4.79 Å². The number of nitrogens with one attached hydrogen (secondary N) is 1. The number of methoxy groups -OCH3 is 1. The van der Waals surface area contributed by atoms with Crippen molar-refractivity contribution in [3.05, 3.63) is 76.3 Å². The minimum absolute atomic E-state index is 0.0458. The number of amides is 1. The van der Waals surface area contributed by atoms with Crippen molar-refractivity contribution in [1.82, 2.24) is 0 Å². The third kappa shape index (κ3) is 3.97. The van der Waals surface area contributed by atoms with E-state index in [9.17, 15) is 19.1 Å². The number of hydrogen-bond donors (Lipinski definition) is 2. The lowest BCUT2D eigenvalue weighted by Crippen LogP contribution is -2.22. The number of fused-ring (bicyclic) bond motifs is 1. The average Bonchev–Trinajstić information content (AvgIpc) is 3.16. The summed E-state index contributed by atoms with van der Waals surface area (Å²) in [5, 5.41) is 12.6. The van der Waals surface area contributed by atoms with Crippen LogP contribution in [0.4, 0.5) is 10.1 Å². The maximum atomic E-state index is 13.9. The fraction of sp³-hybridized carbons (Fsp3) is 0.167. The molecule has 3 aromatic rings. The number of benzene rings is 2. The Morgan fingerprint density at radius 2 is 2.12 bits per heavy atom. The number of ether oxygens (including phenoxy) is 2. The van der Waals surface area contributed by atoms with E-state index in [4.69, 9.17) is 9.47 Å². The molecule has 0 bridgehead atoms. The smallest absolute Gasteiger partial charge is 0.346 e. The summed E-state index contributed by atoms with van der Waals surface area (Å²) in [5.41, 5.74) is 1.89. The van der Waals surface area contributed by atoms with Gasteiger partial charge in [-0.15, -0.1) is 11.3 Å². The Hall–Kier alpha value is -3.65. The molecule has 0 spiro atoms. The Kier molecular flexibility index (Phi) is 5.96. The molecule has 1 aromatic heterocycles. The van der Waals surface area contributed by atoms with Crippen LogP contribution in [-0.4, -0.2) is 30.7 Å². The van der Waals surface area contributed by atoms with Crippen molar-refractivity contribution in [2.24, 2.45) is 0 Å². The van der Waals surface area contributed by atoms with Crippen molar-refractivity contribution in [1.29, 1.82) is 0 Å². The van der Waals surface area contributed by atoms with Crippen LogP contribution in [-0.2, 0) is 4.79 Å². The van der Waals surface area contributed by atoms with Crippen LogP contribution in [0.25, 0.3) is 11.1 Å². The van der Waals surface area contributed by atoms with Crippen LogP contribution in [0.3, 0.4) is 0 Å². The van der Waals surface area contributed by atoms with E-state index in [0.717, 1.165) is 16.9 Å². The number of carboxylic acid groups (broad SMARTS) is 1. The van der Waals surface area contributed by atoms with Gasteiger partial charge in [0.25, 0.3) is 0 Å². The topological polar surface area (TPSA) is 84.9 Å². The van der Waals surface area contributed by atoms with E-state index >= 15 is 0 Å². The second kappa shape index (κ2) is 8.84. The Morgan fingerprint density at radius 1 is 1.31 bits per heavy atom. The summed E-state index contributed by atoms with van der Waals surface area (Å²) in [4.78, 5) is 25.4. The molecule has 2 N–H and O–H groups in total. The van der Waals surface area contributed by atoms with Gasteiger partial charge in [0.2, 0.25) is 5.91 Å². The summed E-state index contributed by atoms with van der Waals surface area (Å²) >= 11 is 1.08. The fourth-order valence-electron chi connectivity index (χ4n) is 3.80. The molecule has 1 aliphatic rings. The first-order valence-corrected chi connectivity index (χ1v) is 10.6. The van der Waals surface area contributed by atoms with Gasteiger partial charge in [-0.2, -0.15) is 0 Å². The molecule has 4 rings (SSSR count). The molecule has 2 aromatic carbocycles. The number of aromatic carboxylic acids is 1. The lowest BCUT2D eigenvalue weighted by atomic mass is 9.88. The lowest BCUT2D eigenvalue weighted by Gasteiger charge is -2.24. The van der Waals surface area contributed by atoms with E-state index in [1.165, 1.54) is 25.3 Å². The predicted molar refractivity (Wildman–Crippen MR) is 120 cm³/mol. The van der Waals surface area contributed by atoms with Crippen LogP contribution >= 0.6 is 11.3 Å². The van der Waals surface area contributed by atoms with Gasteiger partial charge in [-0.25, -0.2) is 9.18 Å². The number of thiophene rings is 1. The molecule has 2 heterocycles. The number of carbonyl (C=O) groups excluding carboxylic acids is 1. The SMILES string of the molecule is C=CCOc1cc(C2CC(=O)Nc3c2sc(C(=O)O)c3-c2cccc(F)c2)ccc1OC. The van der Waals surface area contributed by atoms with Gasteiger partial charge in [0.1, 0.15) is 17.3 Å². The number of rotatable bonds is 7. The number of carboxylic acids is 1.